The van der Waals surface area contributed by atoms with Crippen LogP contribution < -0.4 is 31.3 Å². The molecule has 1 aliphatic rings. The van der Waals surface area contributed by atoms with Crippen LogP contribution in [0, 0.1) is 17.7 Å². The van der Waals surface area contributed by atoms with E-state index >= 15 is 4.39 Å². The Bertz CT molecular complexity index is 2190. The summed E-state index contributed by atoms with van der Waals surface area (Å²) in [5, 5.41) is 24.9. The molecule has 60 heavy (non-hydrogen) atoms. The zero-order valence-electron chi connectivity index (χ0n) is 34.6. The van der Waals surface area contributed by atoms with Crippen LogP contribution in [-0.2, 0) is 36.8 Å². The van der Waals surface area contributed by atoms with Crippen molar-refractivity contribution in [2.75, 3.05) is 20.2 Å². The van der Waals surface area contributed by atoms with E-state index in [1.54, 1.807) is 44.3 Å². The lowest BCUT2D eigenvalue weighted by Crippen LogP contribution is -2.60. The van der Waals surface area contributed by atoms with Crippen LogP contribution in [0.3, 0.4) is 0 Å². The minimum Gasteiger partial charge on any atom is -0.508 e. The van der Waals surface area contributed by atoms with Gasteiger partial charge in [0.2, 0.25) is 29.5 Å². The van der Waals surface area contributed by atoms with E-state index in [9.17, 15) is 33.9 Å². The number of nitrogens with zero attached hydrogens (tertiary/aromatic N) is 1. The van der Waals surface area contributed by atoms with Crippen LogP contribution in [0.4, 0.5) is 4.39 Å². The number of benzene rings is 3. The average molecular weight is 828 g/mol. The molecule has 1 saturated heterocycles. The molecule has 1 aromatic heterocycles. The Morgan fingerprint density at radius 3 is 2.15 bits per heavy atom. The van der Waals surface area contributed by atoms with Crippen LogP contribution in [-0.4, -0.2) is 101 Å². The van der Waals surface area contributed by atoms with E-state index < -0.39 is 83.6 Å². The highest BCUT2D eigenvalue weighted by atomic mass is 19.1. The molecule has 5 atom stereocenters. The Morgan fingerprint density at radius 2 is 1.47 bits per heavy atom. The van der Waals surface area contributed by atoms with Crippen LogP contribution >= 0.6 is 0 Å². The van der Waals surface area contributed by atoms with Crippen molar-refractivity contribution in [1.29, 1.82) is 0 Å². The molecule has 0 bridgehead atoms. The molecule has 3 aromatic carbocycles. The van der Waals surface area contributed by atoms with Gasteiger partial charge in [-0.3, -0.25) is 28.8 Å². The number of hydrogen-bond acceptors (Lipinski definition) is 8. The molecule has 0 aliphatic carbocycles. The van der Waals surface area contributed by atoms with Gasteiger partial charge in [0.05, 0.1) is 19.2 Å². The van der Waals surface area contributed by atoms with Crippen LogP contribution in [0.15, 0.2) is 72.9 Å². The van der Waals surface area contributed by atoms with Gasteiger partial charge < -0.3 is 46.3 Å². The van der Waals surface area contributed by atoms with Gasteiger partial charge in [0.25, 0.3) is 5.91 Å². The largest absolute Gasteiger partial charge is 0.508 e. The molecular weight excluding hydrogens is 774 g/mol. The Labute approximate surface area is 348 Å². The maximum absolute atomic E-state index is 15.1. The summed E-state index contributed by atoms with van der Waals surface area (Å²) in [6.07, 6.45) is 1.87. The van der Waals surface area contributed by atoms with Gasteiger partial charge in [-0.25, -0.2) is 4.39 Å². The molecule has 15 nitrogen and oxygen atoms in total. The fourth-order valence-electron chi connectivity index (χ4n) is 7.01. The topological polar surface area (TPSA) is 211 Å². The highest BCUT2D eigenvalue weighted by molar-refractivity contribution is 5.99. The summed E-state index contributed by atoms with van der Waals surface area (Å²) in [5.41, 5.74) is 1.63. The van der Waals surface area contributed by atoms with E-state index in [0.29, 0.717) is 16.9 Å². The summed E-state index contributed by atoms with van der Waals surface area (Å²) in [5.74, 6) is -5.61. The van der Waals surface area contributed by atoms with Crippen molar-refractivity contribution in [3.63, 3.8) is 0 Å². The summed E-state index contributed by atoms with van der Waals surface area (Å²) in [6, 6.07) is 11.6. The molecule has 0 spiro atoms. The number of halogens is 1. The molecule has 0 unspecified atom stereocenters. The third-order valence-electron chi connectivity index (χ3n) is 10.4. The maximum Gasteiger partial charge on any atom is 0.257 e. The first-order chi connectivity index (χ1) is 28.5. The van der Waals surface area contributed by atoms with Gasteiger partial charge in [-0.15, -0.1) is 0 Å². The zero-order chi connectivity index (χ0) is 43.7. The lowest BCUT2D eigenvalue weighted by Gasteiger charge is -2.32. The Kier molecular flexibility index (Phi) is 14.9. The highest BCUT2D eigenvalue weighted by Crippen LogP contribution is 2.21. The first-order valence-corrected chi connectivity index (χ1v) is 20.0. The molecule has 6 amide bonds. The number of fused-ring (bicyclic) bond motifs is 1. The number of hydrogen-bond donors (Lipinski definition) is 7. The van der Waals surface area contributed by atoms with Crippen molar-refractivity contribution in [2.24, 2.45) is 11.8 Å². The maximum atomic E-state index is 15.1. The predicted octanol–water partition coefficient (Wildman–Crippen LogP) is 3.11. The number of phenols is 1. The second-order valence-corrected chi connectivity index (χ2v) is 15.9. The van der Waals surface area contributed by atoms with Crippen molar-refractivity contribution >= 4 is 46.3 Å². The van der Waals surface area contributed by atoms with E-state index in [2.05, 4.69) is 31.6 Å². The molecule has 320 valence electrons. The molecule has 0 radical (unpaired) electrons. The predicted molar refractivity (Wildman–Crippen MR) is 222 cm³/mol. The molecule has 0 saturated carbocycles. The van der Waals surface area contributed by atoms with Crippen molar-refractivity contribution in [3.05, 3.63) is 95.4 Å². The number of aromatic hydroxyl groups is 1. The van der Waals surface area contributed by atoms with Gasteiger partial charge in [0.1, 0.15) is 41.5 Å². The molecule has 5 rings (SSSR count). The number of aromatic amines is 1. The number of para-hydroxylation sites is 1. The standard InChI is InChI=1S/C44H54FN7O8/c1-24(2)17-35-42(57)50-36(18-27-11-14-30(60-6)15-12-27)41(56)47-26(5)40(55)51-38(25(3)4)22-52(44(59)32-20-29(53)13-16-33(32)45)23-39(54)48-37(43(58)49-35)19-28-21-46-34-10-8-7-9-31(28)34/h7-16,20-21,24-26,35-38,46,53H,17-19,22-23H2,1-6H3,(H,47,56)(H,48,54)(H,49,58)(H,50,57)(H,51,55)/t26-,35+,36+,37-,38-/m1/s1. The number of carbonyl (C=O) groups excluding carboxylic acids is 6. The van der Waals surface area contributed by atoms with E-state index in [1.165, 1.54) is 14.0 Å². The number of rotatable bonds is 9. The molecule has 1 aliphatic heterocycles. The highest BCUT2D eigenvalue weighted by Gasteiger charge is 2.34. The lowest BCUT2D eigenvalue weighted by atomic mass is 9.99. The quantitative estimate of drug-likeness (QED) is 0.133. The molecule has 7 N–H and O–H groups in total. The van der Waals surface area contributed by atoms with Gasteiger partial charge in [-0.1, -0.05) is 58.0 Å². The molecule has 4 aromatic rings. The number of amides is 6. The molecular formula is C44H54FN7O8. The summed E-state index contributed by atoms with van der Waals surface area (Å²) in [7, 11) is 1.52. The fourth-order valence-corrected chi connectivity index (χ4v) is 7.01. The number of ether oxygens (including phenoxy) is 1. The number of carbonyl (C=O) groups is 6. The smallest absolute Gasteiger partial charge is 0.257 e. The van der Waals surface area contributed by atoms with E-state index in [-0.39, 0.29) is 43.4 Å². The molecule has 2 heterocycles. The SMILES string of the molecule is COc1ccc(C[C@@H]2NC(=O)[C@H](CC(C)C)NC(=O)[C@@H](Cc3c[nH]c4ccccc34)NC(=O)CN(C(=O)c3cc(O)ccc3F)C[C@H](C(C)C)NC(=O)[C@@H](C)NC2=O)cc1. The number of phenolic OH excluding ortho intramolecular Hbond substituents is 1. The number of H-pyrrole nitrogens is 1. The van der Waals surface area contributed by atoms with Crippen LogP contribution in [0.2, 0.25) is 0 Å². The first kappa shape index (κ1) is 44.6. The van der Waals surface area contributed by atoms with Crippen LogP contribution in [0.5, 0.6) is 11.5 Å². The van der Waals surface area contributed by atoms with E-state index in [4.69, 9.17) is 4.74 Å². The minimum absolute atomic E-state index is 0.0226. The molecule has 16 heteroatoms. The van der Waals surface area contributed by atoms with Crippen molar-refractivity contribution in [2.45, 2.75) is 84.1 Å². The lowest BCUT2D eigenvalue weighted by molar-refractivity contribution is -0.135. The first-order valence-electron chi connectivity index (χ1n) is 20.0. The second kappa shape index (κ2) is 20.0. The number of nitrogens with one attached hydrogen (secondary N) is 6. The van der Waals surface area contributed by atoms with Crippen molar-refractivity contribution < 1.29 is 43.0 Å². The average Bonchev–Trinajstić information content (AvgIpc) is 3.62. The van der Waals surface area contributed by atoms with Crippen molar-refractivity contribution in [1.82, 2.24) is 36.5 Å². The Balaban J connectivity index is 1.57. The van der Waals surface area contributed by atoms with Crippen LogP contribution in [0.25, 0.3) is 10.9 Å². The van der Waals surface area contributed by atoms with Gasteiger partial charge >= 0.3 is 0 Å². The number of aromatic nitrogens is 1. The fraction of sp³-hybridized carbons (Fsp3) is 0.409. The molecule has 1 fully saturated rings. The van der Waals surface area contributed by atoms with E-state index in [0.717, 1.165) is 34.0 Å². The van der Waals surface area contributed by atoms with Gasteiger partial charge in [-0.2, -0.15) is 0 Å². The Morgan fingerprint density at radius 1 is 0.817 bits per heavy atom. The summed E-state index contributed by atoms with van der Waals surface area (Å²) >= 11 is 0. The summed E-state index contributed by atoms with van der Waals surface area (Å²) < 4.78 is 20.4. The third-order valence-corrected chi connectivity index (χ3v) is 10.4. The monoisotopic (exact) mass is 827 g/mol. The van der Waals surface area contributed by atoms with Crippen LogP contribution in [0.1, 0.15) is 62.5 Å². The Hall–Kier alpha value is -6.45. The van der Waals surface area contributed by atoms with E-state index in [1.807, 2.05) is 38.1 Å². The third kappa shape index (κ3) is 11.6. The minimum atomic E-state index is -1.28. The zero-order valence-corrected chi connectivity index (χ0v) is 34.6. The normalized spacial score (nSPS) is 21.4. The summed E-state index contributed by atoms with van der Waals surface area (Å²) in [4.78, 5) is 88.6. The van der Waals surface area contributed by atoms with Gasteiger partial charge in [0.15, 0.2) is 0 Å². The van der Waals surface area contributed by atoms with Gasteiger partial charge in [0, 0.05) is 42.5 Å². The number of methoxy groups -OCH3 is 1. The second-order valence-electron chi connectivity index (χ2n) is 15.9. The van der Waals surface area contributed by atoms with Gasteiger partial charge in [-0.05, 0) is 72.7 Å². The summed E-state index contributed by atoms with van der Waals surface area (Å²) in [6.45, 7) is 7.76. The van der Waals surface area contributed by atoms with Crippen molar-refractivity contribution in [3.8, 4) is 11.5 Å².